The summed E-state index contributed by atoms with van der Waals surface area (Å²) < 4.78 is 5.43. The third-order valence-electron chi connectivity index (χ3n) is 3.73. The number of amides is 1. The molecule has 0 saturated carbocycles. The molecule has 3 unspecified atom stereocenters. The topological polar surface area (TPSA) is 49.8 Å². The average Bonchev–Trinajstić information content (AvgIpc) is 2.82. The van der Waals surface area contributed by atoms with Crippen molar-refractivity contribution in [2.75, 3.05) is 19.8 Å². The van der Waals surface area contributed by atoms with Gasteiger partial charge in [0.2, 0.25) is 0 Å². The Morgan fingerprint density at radius 3 is 2.88 bits per heavy atom. The van der Waals surface area contributed by atoms with Crippen LogP contribution in [0.25, 0.3) is 0 Å². The van der Waals surface area contributed by atoms with Gasteiger partial charge in [-0.15, -0.1) is 0 Å². The third-order valence-corrected chi connectivity index (χ3v) is 3.73. The molecule has 2 heterocycles. The van der Waals surface area contributed by atoms with Gasteiger partial charge in [-0.1, -0.05) is 0 Å². The van der Waals surface area contributed by atoms with Gasteiger partial charge in [0.25, 0.3) is 5.91 Å². The van der Waals surface area contributed by atoms with E-state index in [1.54, 1.807) is 0 Å². The van der Waals surface area contributed by atoms with E-state index < -0.39 is 0 Å². The highest BCUT2D eigenvalue weighted by Crippen LogP contribution is 2.24. The SMILES string of the molecule is CC1CCC(CO)CN1C(=O)C1CCCO1. The summed E-state index contributed by atoms with van der Waals surface area (Å²) in [5, 5.41) is 9.17. The van der Waals surface area contributed by atoms with Gasteiger partial charge in [0, 0.05) is 25.8 Å². The highest BCUT2D eigenvalue weighted by molar-refractivity contribution is 5.81. The molecule has 2 rings (SSSR count). The van der Waals surface area contributed by atoms with E-state index in [0.29, 0.717) is 19.2 Å². The fraction of sp³-hybridized carbons (Fsp3) is 0.917. The molecule has 0 bridgehead atoms. The maximum Gasteiger partial charge on any atom is 0.251 e. The fourth-order valence-corrected chi connectivity index (χ4v) is 2.60. The summed E-state index contributed by atoms with van der Waals surface area (Å²) in [6, 6.07) is 0.291. The number of aliphatic hydroxyl groups is 1. The second-order valence-corrected chi connectivity index (χ2v) is 4.97. The number of ether oxygens (including phenoxy) is 1. The maximum absolute atomic E-state index is 12.2. The molecule has 0 aromatic heterocycles. The number of likely N-dealkylation sites (tertiary alicyclic amines) is 1. The van der Waals surface area contributed by atoms with E-state index in [1.165, 1.54) is 0 Å². The Kier molecular flexibility index (Phi) is 3.82. The highest BCUT2D eigenvalue weighted by Gasteiger charge is 2.34. The molecule has 0 radical (unpaired) electrons. The number of carbonyl (C=O) groups excluding carboxylic acids is 1. The number of rotatable bonds is 2. The lowest BCUT2D eigenvalue weighted by atomic mass is 9.93. The lowest BCUT2D eigenvalue weighted by molar-refractivity contribution is -0.145. The van der Waals surface area contributed by atoms with Gasteiger partial charge in [0.05, 0.1) is 0 Å². The van der Waals surface area contributed by atoms with Gasteiger partial charge >= 0.3 is 0 Å². The predicted molar refractivity (Wildman–Crippen MR) is 60.0 cm³/mol. The Bertz CT molecular complexity index is 251. The van der Waals surface area contributed by atoms with Gasteiger partial charge in [-0.25, -0.2) is 0 Å². The zero-order valence-electron chi connectivity index (χ0n) is 9.89. The molecule has 4 heteroatoms. The summed E-state index contributed by atoms with van der Waals surface area (Å²) >= 11 is 0. The quantitative estimate of drug-likeness (QED) is 0.758. The molecule has 1 N–H and O–H groups in total. The molecule has 1 amide bonds. The molecular formula is C12H21NO3. The van der Waals surface area contributed by atoms with Crippen molar-refractivity contribution in [2.24, 2.45) is 5.92 Å². The maximum atomic E-state index is 12.2. The van der Waals surface area contributed by atoms with Crippen LogP contribution in [0.2, 0.25) is 0 Å². The largest absolute Gasteiger partial charge is 0.396 e. The number of nitrogens with zero attached hydrogens (tertiary/aromatic N) is 1. The molecule has 16 heavy (non-hydrogen) atoms. The summed E-state index contributed by atoms with van der Waals surface area (Å²) in [6.45, 7) is 3.67. The van der Waals surface area contributed by atoms with Gasteiger partial charge in [0.15, 0.2) is 0 Å². The summed E-state index contributed by atoms with van der Waals surface area (Å²) in [5.74, 6) is 0.379. The lowest BCUT2D eigenvalue weighted by Gasteiger charge is -2.38. The van der Waals surface area contributed by atoms with Crippen LogP contribution >= 0.6 is 0 Å². The van der Waals surface area contributed by atoms with Crippen molar-refractivity contribution >= 4 is 5.91 Å². The molecule has 2 aliphatic rings. The molecule has 92 valence electrons. The van der Waals surface area contributed by atoms with Gasteiger partial charge in [-0.2, -0.15) is 0 Å². The first-order valence-corrected chi connectivity index (χ1v) is 6.25. The number of aliphatic hydroxyl groups excluding tert-OH is 1. The van der Waals surface area contributed by atoms with Crippen molar-refractivity contribution in [3.8, 4) is 0 Å². The first-order valence-electron chi connectivity index (χ1n) is 6.25. The van der Waals surface area contributed by atoms with Crippen LogP contribution in [0.4, 0.5) is 0 Å². The fourth-order valence-electron chi connectivity index (χ4n) is 2.60. The Morgan fingerprint density at radius 1 is 1.44 bits per heavy atom. The lowest BCUT2D eigenvalue weighted by Crippen LogP contribution is -2.50. The van der Waals surface area contributed by atoms with Crippen LogP contribution < -0.4 is 0 Å². The van der Waals surface area contributed by atoms with Crippen LogP contribution in [-0.2, 0) is 9.53 Å². The predicted octanol–water partition coefficient (Wildman–Crippen LogP) is 0.785. The summed E-state index contributed by atoms with van der Waals surface area (Å²) in [5.41, 5.74) is 0. The first-order chi connectivity index (χ1) is 7.72. The number of hydrogen-bond acceptors (Lipinski definition) is 3. The van der Waals surface area contributed by atoms with E-state index in [1.807, 2.05) is 4.90 Å². The molecule has 2 saturated heterocycles. The number of hydrogen-bond donors (Lipinski definition) is 1. The molecule has 3 atom stereocenters. The standard InChI is InChI=1S/C12H21NO3/c1-9-4-5-10(8-14)7-13(9)12(15)11-3-2-6-16-11/h9-11,14H,2-8H2,1H3. The molecule has 4 nitrogen and oxygen atoms in total. The smallest absolute Gasteiger partial charge is 0.251 e. The molecule has 0 aromatic rings. The van der Waals surface area contributed by atoms with Crippen LogP contribution in [0.3, 0.4) is 0 Å². The van der Waals surface area contributed by atoms with Gasteiger partial charge in [-0.3, -0.25) is 4.79 Å². The first kappa shape index (κ1) is 11.9. The minimum Gasteiger partial charge on any atom is -0.396 e. The van der Waals surface area contributed by atoms with E-state index in [0.717, 1.165) is 25.7 Å². The van der Waals surface area contributed by atoms with Crippen molar-refractivity contribution < 1.29 is 14.6 Å². The van der Waals surface area contributed by atoms with Gasteiger partial charge in [-0.05, 0) is 38.5 Å². The Labute approximate surface area is 96.6 Å². The molecule has 0 aliphatic carbocycles. The summed E-state index contributed by atoms with van der Waals surface area (Å²) in [4.78, 5) is 14.1. The average molecular weight is 227 g/mol. The minimum absolute atomic E-state index is 0.128. The van der Waals surface area contributed by atoms with Crippen LogP contribution in [-0.4, -0.2) is 47.8 Å². The van der Waals surface area contributed by atoms with E-state index in [2.05, 4.69) is 6.92 Å². The van der Waals surface area contributed by atoms with Crippen LogP contribution in [0.5, 0.6) is 0 Å². The van der Waals surface area contributed by atoms with E-state index in [9.17, 15) is 9.90 Å². The van der Waals surface area contributed by atoms with Crippen molar-refractivity contribution in [3.05, 3.63) is 0 Å². The van der Waals surface area contributed by atoms with Crippen LogP contribution in [0, 0.1) is 5.92 Å². The summed E-state index contributed by atoms with van der Waals surface area (Å²) in [6.07, 6.45) is 3.63. The van der Waals surface area contributed by atoms with Crippen molar-refractivity contribution in [1.82, 2.24) is 4.90 Å². The summed E-state index contributed by atoms with van der Waals surface area (Å²) in [7, 11) is 0. The van der Waals surface area contributed by atoms with Crippen molar-refractivity contribution in [3.63, 3.8) is 0 Å². The molecule has 0 aromatic carbocycles. The minimum atomic E-state index is -0.222. The Morgan fingerprint density at radius 2 is 2.25 bits per heavy atom. The van der Waals surface area contributed by atoms with Crippen molar-refractivity contribution in [1.29, 1.82) is 0 Å². The molecular weight excluding hydrogens is 206 g/mol. The van der Waals surface area contributed by atoms with E-state index in [-0.39, 0.29) is 24.5 Å². The second kappa shape index (κ2) is 5.15. The van der Waals surface area contributed by atoms with E-state index >= 15 is 0 Å². The highest BCUT2D eigenvalue weighted by atomic mass is 16.5. The third kappa shape index (κ3) is 2.38. The Hall–Kier alpha value is -0.610. The number of piperidine rings is 1. The molecule has 2 aliphatic heterocycles. The Balaban J connectivity index is 1.97. The van der Waals surface area contributed by atoms with Crippen molar-refractivity contribution in [2.45, 2.75) is 44.8 Å². The zero-order valence-corrected chi connectivity index (χ0v) is 9.89. The van der Waals surface area contributed by atoms with Gasteiger partial charge in [0.1, 0.15) is 6.10 Å². The normalized spacial score (nSPS) is 35.4. The van der Waals surface area contributed by atoms with Crippen LogP contribution in [0.15, 0.2) is 0 Å². The number of carbonyl (C=O) groups is 1. The monoisotopic (exact) mass is 227 g/mol. The van der Waals surface area contributed by atoms with Gasteiger partial charge < -0.3 is 14.7 Å². The van der Waals surface area contributed by atoms with Crippen LogP contribution in [0.1, 0.15) is 32.6 Å². The molecule has 0 spiro atoms. The second-order valence-electron chi connectivity index (χ2n) is 4.97. The van der Waals surface area contributed by atoms with E-state index in [4.69, 9.17) is 4.74 Å². The molecule has 2 fully saturated rings. The zero-order chi connectivity index (χ0) is 11.5.